The number of thiazole rings is 1. The van der Waals surface area contributed by atoms with Crippen LogP contribution in [0.1, 0.15) is 43.5 Å². The second-order valence-electron chi connectivity index (χ2n) is 8.68. The molecule has 1 amide bonds. The summed E-state index contributed by atoms with van der Waals surface area (Å²) in [5.74, 6) is -0.440. The van der Waals surface area contributed by atoms with Gasteiger partial charge in [-0.15, -0.1) is 0 Å². The SMILES string of the molecule is COCCc1cnc(-c2nc(N3CC[C@@H](NC(=O)c4[nH]c(C)c(C#N)c4Cl)[C@@H](OC)C3)sc2C(=O)OC)[nH]1. The molecule has 4 rings (SSSR count). The van der Waals surface area contributed by atoms with E-state index in [4.69, 9.17) is 30.8 Å². The lowest BCUT2D eigenvalue weighted by Crippen LogP contribution is -2.55. The summed E-state index contributed by atoms with van der Waals surface area (Å²) in [5, 5.41) is 12.9. The zero-order valence-electron chi connectivity index (χ0n) is 21.4. The van der Waals surface area contributed by atoms with Crippen LogP contribution < -0.4 is 10.2 Å². The number of anilines is 1. The molecule has 3 aromatic rings. The number of nitrogens with zero attached hydrogens (tertiary/aromatic N) is 4. The molecule has 14 heteroatoms. The van der Waals surface area contributed by atoms with Crippen molar-refractivity contribution >= 4 is 39.9 Å². The van der Waals surface area contributed by atoms with Crippen LogP contribution in [0.3, 0.4) is 0 Å². The van der Waals surface area contributed by atoms with Gasteiger partial charge >= 0.3 is 5.97 Å². The van der Waals surface area contributed by atoms with Gasteiger partial charge in [0.15, 0.2) is 11.0 Å². The van der Waals surface area contributed by atoms with Crippen LogP contribution in [0.4, 0.5) is 5.13 Å². The summed E-state index contributed by atoms with van der Waals surface area (Å²) in [6.07, 6.45) is 2.53. The Hall–Kier alpha value is -3.44. The first-order chi connectivity index (χ1) is 18.3. The molecule has 0 bridgehead atoms. The highest BCUT2D eigenvalue weighted by Gasteiger charge is 2.34. The Morgan fingerprint density at radius 3 is 2.79 bits per heavy atom. The minimum Gasteiger partial charge on any atom is -0.465 e. The molecule has 3 aromatic heterocycles. The van der Waals surface area contributed by atoms with E-state index < -0.39 is 11.9 Å². The smallest absolute Gasteiger partial charge is 0.350 e. The van der Waals surface area contributed by atoms with E-state index in [2.05, 4.69) is 20.3 Å². The zero-order chi connectivity index (χ0) is 27.4. The number of nitrogens with one attached hydrogen (secondary N) is 3. The molecule has 38 heavy (non-hydrogen) atoms. The maximum Gasteiger partial charge on any atom is 0.350 e. The van der Waals surface area contributed by atoms with E-state index in [1.54, 1.807) is 27.3 Å². The minimum absolute atomic E-state index is 0.0999. The van der Waals surface area contributed by atoms with Crippen molar-refractivity contribution in [3.8, 4) is 17.6 Å². The third-order valence-corrected chi connectivity index (χ3v) is 7.80. The molecule has 12 nitrogen and oxygen atoms in total. The third kappa shape index (κ3) is 5.53. The Morgan fingerprint density at radius 2 is 2.13 bits per heavy atom. The molecule has 0 unspecified atom stereocenters. The molecule has 3 N–H and O–H groups in total. The number of nitriles is 1. The molecule has 0 aromatic carbocycles. The number of carbonyl (C=O) groups excluding carboxylic acids is 2. The Kier molecular flexibility index (Phi) is 8.68. The Bertz CT molecular complexity index is 1360. The summed E-state index contributed by atoms with van der Waals surface area (Å²) >= 11 is 7.45. The molecule has 2 atom stereocenters. The number of aromatic nitrogens is 4. The average molecular weight is 562 g/mol. The molecule has 0 saturated carbocycles. The number of ether oxygens (including phenoxy) is 3. The lowest BCUT2D eigenvalue weighted by atomic mass is 10.0. The first kappa shape index (κ1) is 27.6. The molecular formula is C24H28ClN7O5S. The number of amides is 1. The monoisotopic (exact) mass is 561 g/mol. The van der Waals surface area contributed by atoms with E-state index in [1.807, 2.05) is 11.0 Å². The van der Waals surface area contributed by atoms with Crippen LogP contribution in [-0.2, 0) is 20.6 Å². The average Bonchev–Trinajstić information content (AvgIpc) is 3.64. The lowest BCUT2D eigenvalue weighted by molar-refractivity contribution is 0.0540. The fraction of sp³-hybridized carbons (Fsp3) is 0.458. The fourth-order valence-corrected chi connectivity index (χ4v) is 5.61. The number of halogens is 1. The van der Waals surface area contributed by atoms with E-state index in [0.717, 1.165) is 5.69 Å². The van der Waals surface area contributed by atoms with Crippen LogP contribution in [0.5, 0.6) is 0 Å². The van der Waals surface area contributed by atoms with Crippen molar-refractivity contribution in [3.63, 3.8) is 0 Å². The van der Waals surface area contributed by atoms with E-state index in [9.17, 15) is 14.9 Å². The number of carbonyl (C=O) groups is 2. The maximum absolute atomic E-state index is 12.9. The highest BCUT2D eigenvalue weighted by molar-refractivity contribution is 7.17. The molecule has 0 spiro atoms. The largest absolute Gasteiger partial charge is 0.465 e. The Labute approximate surface area is 228 Å². The Balaban J connectivity index is 1.52. The summed E-state index contributed by atoms with van der Waals surface area (Å²) in [5.41, 5.74) is 2.20. The second kappa shape index (κ2) is 12.0. The first-order valence-corrected chi connectivity index (χ1v) is 13.0. The number of rotatable bonds is 9. The molecule has 1 fully saturated rings. The number of hydrogen-bond donors (Lipinski definition) is 3. The molecule has 1 saturated heterocycles. The van der Waals surface area contributed by atoms with Gasteiger partial charge in [0.25, 0.3) is 5.91 Å². The van der Waals surface area contributed by atoms with Gasteiger partial charge in [0.05, 0.1) is 36.4 Å². The fourth-order valence-electron chi connectivity index (χ4n) is 4.27. The number of imidazole rings is 1. The van der Waals surface area contributed by atoms with Crippen molar-refractivity contribution in [1.82, 2.24) is 25.3 Å². The number of aryl methyl sites for hydroxylation is 1. The molecular weight excluding hydrogens is 534 g/mol. The second-order valence-corrected chi connectivity index (χ2v) is 10.0. The van der Waals surface area contributed by atoms with Gasteiger partial charge < -0.3 is 34.4 Å². The summed E-state index contributed by atoms with van der Waals surface area (Å²) in [6, 6.07) is 1.70. The molecule has 4 heterocycles. The molecule has 202 valence electrons. The molecule has 0 radical (unpaired) electrons. The van der Waals surface area contributed by atoms with Gasteiger partial charge in [-0.2, -0.15) is 5.26 Å². The quantitative estimate of drug-likeness (QED) is 0.334. The van der Waals surface area contributed by atoms with Crippen LogP contribution in [0.15, 0.2) is 6.20 Å². The van der Waals surface area contributed by atoms with Crippen molar-refractivity contribution in [3.05, 3.63) is 38.7 Å². The minimum atomic E-state index is -0.501. The van der Waals surface area contributed by atoms with Gasteiger partial charge in [-0.3, -0.25) is 4.79 Å². The standard InChI is InChI=1S/C24H28ClN7O5S/c1-12-14(9-26)17(25)18(28-12)22(33)30-15-5-7-32(11-16(15)36-3)24-31-19(20(38-24)23(34)37-4)21-27-10-13(29-21)6-8-35-2/h10,15-16,28H,5-8,11H2,1-4H3,(H,27,29)(H,30,33)/t15-,16+/m1/s1. The van der Waals surface area contributed by atoms with Gasteiger partial charge in [0, 0.05) is 51.3 Å². The van der Waals surface area contributed by atoms with E-state index in [1.165, 1.54) is 18.4 Å². The maximum atomic E-state index is 12.9. The predicted molar refractivity (Wildman–Crippen MR) is 141 cm³/mol. The van der Waals surface area contributed by atoms with Gasteiger partial charge in [0.2, 0.25) is 0 Å². The molecule has 1 aliphatic heterocycles. The van der Waals surface area contributed by atoms with Gasteiger partial charge in [-0.1, -0.05) is 22.9 Å². The molecule has 0 aliphatic carbocycles. The Morgan fingerprint density at radius 1 is 1.34 bits per heavy atom. The lowest BCUT2D eigenvalue weighted by Gasteiger charge is -2.37. The highest BCUT2D eigenvalue weighted by atomic mass is 35.5. The van der Waals surface area contributed by atoms with Crippen LogP contribution >= 0.6 is 22.9 Å². The van der Waals surface area contributed by atoms with Gasteiger partial charge in [0.1, 0.15) is 22.3 Å². The predicted octanol–water partition coefficient (Wildman–Crippen LogP) is 2.69. The van der Waals surface area contributed by atoms with Crippen molar-refractivity contribution in [2.75, 3.05) is 45.9 Å². The van der Waals surface area contributed by atoms with Gasteiger partial charge in [-0.05, 0) is 13.3 Å². The van der Waals surface area contributed by atoms with Crippen LogP contribution in [0.2, 0.25) is 5.02 Å². The van der Waals surface area contributed by atoms with Crippen molar-refractivity contribution in [2.24, 2.45) is 0 Å². The van der Waals surface area contributed by atoms with Gasteiger partial charge in [-0.25, -0.2) is 14.8 Å². The number of esters is 1. The number of piperidine rings is 1. The van der Waals surface area contributed by atoms with Crippen molar-refractivity contribution in [1.29, 1.82) is 5.26 Å². The number of H-pyrrole nitrogens is 2. The van der Waals surface area contributed by atoms with Crippen LogP contribution in [0.25, 0.3) is 11.5 Å². The highest BCUT2D eigenvalue weighted by Crippen LogP contribution is 2.34. The number of hydrogen-bond acceptors (Lipinski definition) is 10. The topological polar surface area (TPSA) is 158 Å². The van der Waals surface area contributed by atoms with E-state index >= 15 is 0 Å². The number of methoxy groups -OCH3 is 3. The summed E-state index contributed by atoms with van der Waals surface area (Å²) in [6.45, 7) is 3.20. The third-order valence-electron chi connectivity index (χ3n) is 6.33. The first-order valence-electron chi connectivity index (χ1n) is 11.8. The summed E-state index contributed by atoms with van der Waals surface area (Å²) in [7, 11) is 4.52. The van der Waals surface area contributed by atoms with Crippen LogP contribution in [0, 0.1) is 18.3 Å². The van der Waals surface area contributed by atoms with E-state index in [-0.39, 0.29) is 28.4 Å². The number of aromatic amines is 2. The van der Waals surface area contributed by atoms with E-state index in [0.29, 0.717) is 59.8 Å². The van der Waals surface area contributed by atoms with Crippen molar-refractivity contribution < 1.29 is 23.8 Å². The summed E-state index contributed by atoms with van der Waals surface area (Å²) < 4.78 is 15.8. The summed E-state index contributed by atoms with van der Waals surface area (Å²) in [4.78, 5) is 43.0. The molecule has 1 aliphatic rings. The zero-order valence-corrected chi connectivity index (χ0v) is 23.0. The normalized spacial score (nSPS) is 17.3. The van der Waals surface area contributed by atoms with Crippen LogP contribution in [-0.4, -0.2) is 85.0 Å². The van der Waals surface area contributed by atoms with Crippen molar-refractivity contribution in [2.45, 2.75) is 31.9 Å².